The number of ether oxygens (including phenoxy) is 1. The van der Waals surface area contributed by atoms with Crippen LogP contribution >= 0.6 is 11.6 Å². The number of methoxy groups -OCH3 is 1. The first-order valence-electron chi connectivity index (χ1n) is 5.61. The summed E-state index contributed by atoms with van der Waals surface area (Å²) in [4.78, 5) is 12.0. The van der Waals surface area contributed by atoms with Crippen LogP contribution in [0.3, 0.4) is 0 Å². The molecule has 3 heteroatoms. The lowest BCUT2D eigenvalue weighted by Gasteiger charge is -2.03. The molecule has 0 spiro atoms. The van der Waals surface area contributed by atoms with Crippen molar-refractivity contribution in [2.75, 3.05) is 7.11 Å². The zero-order chi connectivity index (χ0) is 13.0. The Labute approximate surface area is 111 Å². The number of halogens is 1. The second-order valence-corrected chi connectivity index (χ2v) is 4.39. The predicted molar refractivity (Wildman–Crippen MR) is 72.5 cm³/mol. The Morgan fingerprint density at radius 3 is 2.22 bits per heavy atom. The zero-order valence-electron chi connectivity index (χ0n) is 10.0. The Morgan fingerprint density at radius 2 is 1.67 bits per heavy atom. The fraction of sp³-hybridized carbons (Fsp3) is 0.133. The largest absolute Gasteiger partial charge is 0.497 e. The van der Waals surface area contributed by atoms with Crippen molar-refractivity contribution in [2.24, 2.45) is 0 Å². The van der Waals surface area contributed by atoms with Crippen LogP contribution in [0.1, 0.15) is 15.9 Å². The zero-order valence-corrected chi connectivity index (χ0v) is 10.8. The molecule has 2 aromatic carbocycles. The van der Waals surface area contributed by atoms with Crippen LogP contribution in [0.15, 0.2) is 48.5 Å². The third-order valence-electron chi connectivity index (χ3n) is 2.69. The van der Waals surface area contributed by atoms with Crippen LogP contribution in [0, 0.1) is 0 Å². The van der Waals surface area contributed by atoms with Crippen LogP contribution < -0.4 is 4.74 Å². The number of Topliss-reactive ketones (excluding diaryl/α,β-unsaturated/α-hetero) is 1. The molecule has 0 aliphatic carbocycles. The van der Waals surface area contributed by atoms with E-state index in [2.05, 4.69) is 0 Å². The molecule has 0 unspecified atom stereocenters. The van der Waals surface area contributed by atoms with Gasteiger partial charge in [-0.25, -0.2) is 0 Å². The van der Waals surface area contributed by atoms with Crippen molar-refractivity contribution in [2.45, 2.75) is 6.42 Å². The second-order valence-electron chi connectivity index (χ2n) is 3.95. The minimum atomic E-state index is 0.0804. The summed E-state index contributed by atoms with van der Waals surface area (Å²) in [6.07, 6.45) is 0.381. The van der Waals surface area contributed by atoms with Gasteiger partial charge in [-0.3, -0.25) is 4.79 Å². The first-order valence-corrected chi connectivity index (χ1v) is 5.98. The van der Waals surface area contributed by atoms with Gasteiger partial charge in [-0.15, -0.1) is 0 Å². The van der Waals surface area contributed by atoms with Crippen LogP contribution in [0.5, 0.6) is 5.75 Å². The lowest BCUT2D eigenvalue weighted by Crippen LogP contribution is -2.03. The van der Waals surface area contributed by atoms with Crippen LogP contribution in [0.4, 0.5) is 0 Å². The standard InChI is InChI=1S/C15H13ClO2/c1-18-14-8-2-11(3-9-14)10-15(17)12-4-6-13(16)7-5-12/h2-9H,10H2,1H3. The minimum absolute atomic E-state index is 0.0804. The van der Waals surface area contributed by atoms with E-state index in [1.54, 1.807) is 31.4 Å². The third kappa shape index (κ3) is 3.11. The van der Waals surface area contributed by atoms with E-state index in [1.165, 1.54) is 0 Å². The van der Waals surface area contributed by atoms with Gasteiger partial charge in [0.1, 0.15) is 5.75 Å². The molecule has 0 radical (unpaired) electrons. The molecule has 2 rings (SSSR count). The smallest absolute Gasteiger partial charge is 0.167 e. The molecule has 0 heterocycles. The molecular weight excluding hydrogens is 248 g/mol. The molecule has 0 amide bonds. The van der Waals surface area contributed by atoms with Gasteiger partial charge in [0.2, 0.25) is 0 Å². The highest BCUT2D eigenvalue weighted by Crippen LogP contribution is 2.15. The Balaban J connectivity index is 2.08. The van der Waals surface area contributed by atoms with E-state index in [-0.39, 0.29) is 5.78 Å². The fourth-order valence-corrected chi connectivity index (χ4v) is 1.79. The summed E-state index contributed by atoms with van der Waals surface area (Å²) in [7, 11) is 1.62. The molecule has 0 bridgehead atoms. The van der Waals surface area contributed by atoms with E-state index in [0.29, 0.717) is 17.0 Å². The highest BCUT2D eigenvalue weighted by atomic mass is 35.5. The lowest BCUT2D eigenvalue weighted by atomic mass is 10.0. The summed E-state index contributed by atoms with van der Waals surface area (Å²) in [5, 5.41) is 0.635. The molecule has 0 aliphatic rings. The average molecular weight is 261 g/mol. The molecule has 0 saturated heterocycles. The maximum Gasteiger partial charge on any atom is 0.167 e. The predicted octanol–water partition coefficient (Wildman–Crippen LogP) is 3.77. The maximum atomic E-state index is 12.0. The molecule has 0 N–H and O–H groups in total. The first kappa shape index (κ1) is 12.7. The summed E-state index contributed by atoms with van der Waals surface area (Å²) < 4.78 is 5.07. The second kappa shape index (κ2) is 5.69. The van der Waals surface area contributed by atoms with Gasteiger partial charge in [-0.1, -0.05) is 23.7 Å². The number of ketones is 1. The van der Waals surface area contributed by atoms with Crippen LogP contribution in [0.2, 0.25) is 5.02 Å². The number of carbonyl (C=O) groups excluding carboxylic acids is 1. The van der Waals surface area contributed by atoms with Gasteiger partial charge in [-0.2, -0.15) is 0 Å². The van der Waals surface area contributed by atoms with Crippen LogP contribution in [-0.4, -0.2) is 12.9 Å². The van der Waals surface area contributed by atoms with E-state index in [1.807, 2.05) is 24.3 Å². The Morgan fingerprint density at radius 1 is 1.06 bits per heavy atom. The summed E-state index contributed by atoms with van der Waals surface area (Å²) >= 11 is 5.78. The van der Waals surface area contributed by atoms with Crippen molar-refractivity contribution < 1.29 is 9.53 Å². The van der Waals surface area contributed by atoms with Crippen LogP contribution in [0.25, 0.3) is 0 Å². The Bertz CT molecular complexity index is 529. The van der Waals surface area contributed by atoms with E-state index >= 15 is 0 Å². The third-order valence-corrected chi connectivity index (χ3v) is 2.94. The van der Waals surface area contributed by atoms with Crippen LogP contribution in [-0.2, 0) is 6.42 Å². The number of hydrogen-bond donors (Lipinski definition) is 0. The highest BCUT2D eigenvalue weighted by Gasteiger charge is 2.06. The summed E-state index contributed by atoms with van der Waals surface area (Å²) in [5.74, 6) is 0.870. The number of hydrogen-bond acceptors (Lipinski definition) is 2. The van der Waals surface area contributed by atoms with E-state index < -0.39 is 0 Å². The molecule has 0 aliphatic heterocycles. The van der Waals surface area contributed by atoms with Crippen molar-refractivity contribution in [1.29, 1.82) is 0 Å². The molecule has 2 nitrogen and oxygen atoms in total. The average Bonchev–Trinajstić information content (AvgIpc) is 2.40. The SMILES string of the molecule is COc1ccc(CC(=O)c2ccc(Cl)cc2)cc1. The van der Waals surface area contributed by atoms with Crippen molar-refractivity contribution in [1.82, 2.24) is 0 Å². The van der Waals surface area contributed by atoms with E-state index in [0.717, 1.165) is 11.3 Å². The topological polar surface area (TPSA) is 26.3 Å². The normalized spacial score (nSPS) is 10.1. The summed E-state index contributed by atoms with van der Waals surface area (Å²) in [6, 6.07) is 14.4. The quantitative estimate of drug-likeness (QED) is 0.782. The molecule has 0 fully saturated rings. The van der Waals surface area contributed by atoms with Crippen molar-refractivity contribution in [3.05, 3.63) is 64.7 Å². The lowest BCUT2D eigenvalue weighted by molar-refractivity contribution is 0.0993. The Kier molecular flexibility index (Phi) is 4.00. The molecule has 0 aromatic heterocycles. The van der Waals surface area contributed by atoms with Gasteiger partial charge in [0.15, 0.2) is 5.78 Å². The van der Waals surface area contributed by atoms with Crippen molar-refractivity contribution >= 4 is 17.4 Å². The summed E-state index contributed by atoms with van der Waals surface area (Å²) in [5.41, 5.74) is 1.64. The number of benzene rings is 2. The van der Waals surface area contributed by atoms with Gasteiger partial charge in [-0.05, 0) is 42.0 Å². The van der Waals surface area contributed by atoms with Gasteiger partial charge in [0.05, 0.1) is 7.11 Å². The highest BCUT2D eigenvalue weighted by molar-refractivity contribution is 6.30. The maximum absolute atomic E-state index is 12.0. The van der Waals surface area contributed by atoms with Gasteiger partial charge < -0.3 is 4.74 Å². The minimum Gasteiger partial charge on any atom is -0.497 e. The first-order chi connectivity index (χ1) is 8.69. The summed E-state index contributed by atoms with van der Waals surface area (Å²) in [6.45, 7) is 0. The molecule has 0 atom stereocenters. The van der Waals surface area contributed by atoms with Gasteiger partial charge in [0.25, 0.3) is 0 Å². The van der Waals surface area contributed by atoms with E-state index in [4.69, 9.17) is 16.3 Å². The fourth-order valence-electron chi connectivity index (χ4n) is 1.67. The van der Waals surface area contributed by atoms with E-state index in [9.17, 15) is 4.79 Å². The van der Waals surface area contributed by atoms with Gasteiger partial charge in [0, 0.05) is 17.0 Å². The Hall–Kier alpha value is -1.80. The molecular formula is C15H13ClO2. The van der Waals surface area contributed by atoms with Crippen molar-refractivity contribution in [3.63, 3.8) is 0 Å². The molecule has 0 saturated carbocycles. The number of carbonyl (C=O) groups is 1. The number of rotatable bonds is 4. The molecule has 92 valence electrons. The monoisotopic (exact) mass is 260 g/mol. The van der Waals surface area contributed by atoms with Gasteiger partial charge >= 0.3 is 0 Å². The van der Waals surface area contributed by atoms with Crippen molar-refractivity contribution in [3.8, 4) is 5.75 Å². The molecule has 2 aromatic rings. The molecule has 18 heavy (non-hydrogen) atoms.